The first-order chi connectivity index (χ1) is 7.90. The molecule has 0 bridgehead atoms. The van der Waals surface area contributed by atoms with E-state index in [9.17, 15) is 9.59 Å². The van der Waals surface area contributed by atoms with Crippen molar-refractivity contribution in [3.05, 3.63) is 23.8 Å². The van der Waals surface area contributed by atoms with E-state index in [1.807, 2.05) is 13.0 Å². The quantitative estimate of drug-likeness (QED) is 0.824. The topological polar surface area (TPSA) is 61.4 Å². The molecule has 0 aliphatic carbocycles. The summed E-state index contributed by atoms with van der Waals surface area (Å²) in [6, 6.07) is 5.14. The molecule has 0 aliphatic rings. The maximum Gasteiger partial charge on any atom is 0.321 e. The lowest BCUT2D eigenvalue weighted by Gasteiger charge is -2.13. The van der Waals surface area contributed by atoms with Gasteiger partial charge in [0.2, 0.25) is 5.91 Å². The first-order valence-corrected chi connectivity index (χ1v) is 5.26. The summed E-state index contributed by atoms with van der Waals surface area (Å²) < 4.78 is 0. The van der Waals surface area contributed by atoms with Gasteiger partial charge in [-0.2, -0.15) is 0 Å². The third kappa shape index (κ3) is 3.79. The molecule has 1 aromatic rings. The highest BCUT2D eigenvalue weighted by Gasteiger charge is 2.06. The van der Waals surface area contributed by atoms with Crippen LogP contribution in [0.1, 0.15) is 12.5 Å². The third-order valence-electron chi connectivity index (χ3n) is 2.19. The van der Waals surface area contributed by atoms with Gasteiger partial charge >= 0.3 is 6.03 Å². The molecule has 0 heterocycles. The lowest BCUT2D eigenvalue weighted by Crippen LogP contribution is -2.27. The molecule has 0 aliphatic heterocycles. The summed E-state index contributed by atoms with van der Waals surface area (Å²) in [4.78, 5) is 23.8. The molecule has 5 heteroatoms. The van der Waals surface area contributed by atoms with Crippen LogP contribution in [-0.4, -0.2) is 30.9 Å². The number of hydrogen-bond donors (Lipinski definition) is 2. The first kappa shape index (κ1) is 13.0. The van der Waals surface area contributed by atoms with E-state index in [0.29, 0.717) is 5.69 Å². The lowest BCUT2D eigenvalue weighted by atomic mass is 10.1. The Morgan fingerprint density at radius 1 is 1.18 bits per heavy atom. The standard InChI is InChI=1S/C12H17N3O2/c1-8-7-10(14-12(17)15(3)4)5-6-11(8)13-9(2)16/h5-7H,1-4H3,(H,13,16)(H,14,17). The van der Waals surface area contributed by atoms with E-state index in [1.54, 1.807) is 26.2 Å². The molecule has 0 saturated carbocycles. The Labute approximate surface area is 101 Å². The van der Waals surface area contributed by atoms with E-state index in [-0.39, 0.29) is 11.9 Å². The molecule has 1 aromatic carbocycles. The predicted octanol–water partition coefficient (Wildman–Crippen LogP) is 2.05. The van der Waals surface area contributed by atoms with Crippen LogP contribution in [-0.2, 0) is 4.79 Å². The number of carbonyl (C=O) groups is 2. The van der Waals surface area contributed by atoms with Gasteiger partial charge in [0.15, 0.2) is 0 Å². The minimum Gasteiger partial charge on any atom is -0.331 e. The molecular weight excluding hydrogens is 218 g/mol. The number of benzene rings is 1. The van der Waals surface area contributed by atoms with Crippen molar-refractivity contribution in [1.29, 1.82) is 0 Å². The molecule has 0 unspecified atom stereocenters. The van der Waals surface area contributed by atoms with E-state index in [1.165, 1.54) is 11.8 Å². The summed E-state index contributed by atoms with van der Waals surface area (Å²) in [5.74, 6) is -0.113. The van der Waals surface area contributed by atoms with Crippen LogP contribution in [0.4, 0.5) is 16.2 Å². The van der Waals surface area contributed by atoms with Crippen LogP contribution >= 0.6 is 0 Å². The van der Waals surface area contributed by atoms with Crippen molar-refractivity contribution in [2.24, 2.45) is 0 Å². The number of aryl methyl sites for hydroxylation is 1. The number of nitrogens with zero attached hydrogens (tertiary/aromatic N) is 1. The zero-order chi connectivity index (χ0) is 13.0. The van der Waals surface area contributed by atoms with Crippen molar-refractivity contribution in [3.63, 3.8) is 0 Å². The van der Waals surface area contributed by atoms with Crippen molar-refractivity contribution in [2.45, 2.75) is 13.8 Å². The van der Waals surface area contributed by atoms with Crippen molar-refractivity contribution < 1.29 is 9.59 Å². The average molecular weight is 235 g/mol. The molecule has 0 fully saturated rings. The van der Waals surface area contributed by atoms with Crippen LogP contribution in [0.15, 0.2) is 18.2 Å². The highest BCUT2D eigenvalue weighted by Crippen LogP contribution is 2.19. The summed E-state index contributed by atoms with van der Waals surface area (Å²) >= 11 is 0. The zero-order valence-corrected chi connectivity index (χ0v) is 10.5. The monoisotopic (exact) mass is 235 g/mol. The predicted molar refractivity (Wildman–Crippen MR) is 68.2 cm³/mol. The van der Waals surface area contributed by atoms with Crippen LogP contribution < -0.4 is 10.6 Å². The molecule has 0 spiro atoms. The zero-order valence-electron chi connectivity index (χ0n) is 10.5. The Morgan fingerprint density at radius 2 is 1.82 bits per heavy atom. The number of carbonyl (C=O) groups excluding carboxylic acids is 2. The Bertz CT molecular complexity index is 441. The van der Waals surface area contributed by atoms with Gasteiger partial charge in [0.05, 0.1) is 0 Å². The Kier molecular flexibility index (Phi) is 4.09. The van der Waals surface area contributed by atoms with Gasteiger partial charge in [-0.05, 0) is 30.7 Å². The van der Waals surface area contributed by atoms with Crippen LogP contribution in [0.5, 0.6) is 0 Å². The lowest BCUT2D eigenvalue weighted by molar-refractivity contribution is -0.114. The summed E-state index contributed by atoms with van der Waals surface area (Å²) in [5.41, 5.74) is 2.35. The van der Waals surface area contributed by atoms with E-state index < -0.39 is 0 Å². The molecule has 92 valence electrons. The second kappa shape index (κ2) is 5.34. The number of nitrogens with one attached hydrogen (secondary N) is 2. The van der Waals surface area contributed by atoms with Gasteiger partial charge in [-0.3, -0.25) is 4.79 Å². The van der Waals surface area contributed by atoms with Crippen molar-refractivity contribution in [3.8, 4) is 0 Å². The van der Waals surface area contributed by atoms with Gasteiger partial charge in [0.25, 0.3) is 0 Å². The summed E-state index contributed by atoms with van der Waals surface area (Å²) in [5, 5.41) is 5.45. The van der Waals surface area contributed by atoms with Crippen molar-refractivity contribution >= 4 is 23.3 Å². The highest BCUT2D eigenvalue weighted by molar-refractivity contribution is 5.92. The van der Waals surface area contributed by atoms with Crippen LogP contribution in [0.2, 0.25) is 0 Å². The molecule has 0 saturated heterocycles. The van der Waals surface area contributed by atoms with Crippen LogP contribution in [0.3, 0.4) is 0 Å². The molecule has 5 nitrogen and oxygen atoms in total. The SMILES string of the molecule is CC(=O)Nc1ccc(NC(=O)N(C)C)cc1C. The number of rotatable bonds is 2. The molecule has 1 rings (SSSR count). The number of amides is 3. The summed E-state index contributed by atoms with van der Waals surface area (Å²) in [6.45, 7) is 3.33. The van der Waals surface area contributed by atoms with Gasteiger partial charge in [-0.15, -0.1) is 0 Å². The fourth-order valence-corrected chi connectivity index (χ4v) is 1.31. The fraction of sp³-hybridized carbons (Fsp3) is 0.333. The Hall–Kier alpha value is -2.04. The smallest absolute Gasteiger partial charge is 0.321 e. The van der Waals surface area contributed by atoms with Gasteiger partial charge in [0.1, 0.15) is 0 Å². The van der Waals surface area contributed by atoms with Gasteiger partial charge in [0, 0.05) is 32.4 Å². The molecular formula is C12H17N3O2. The second-order valence-corrected chi connectivity index (χ2v) is 4.04. The maximum absolute atomic E-state index is 11.4. The minimum atomic E-state index is -0.184. The van der Waals surface area contributed by atoms with Gasteiger partial charge in [-0.25, -0.2) is 4.79 Å². The molecule has 0 aromatic heterocycles. The molecule has 2 N–H and O–H groups in total. The highest BCUT2D eigenvalue weighted by atomic mass is 16.2. The number of anilines is 2. The summed E-state index contributed by atoms with van der Waals surface area (Å²) in [6.07, 6.45) is 0. The van der Waals surface area contributed by atoms with Crippen molar-refractivity contribution in [1.82, 2.24) is 4.90 Å². The van der Waals surface area contributed by atoms with E-state index in [0.717, 1.165) is 11.3 Å². The molecule has 0 atom stereocenters. The van der Waals surface area contributed by atoms with Crippen LogP contribution in [0, 0.1) is 6.92 Å². The Morgan fingerprint density at radius 3 is 2.29 bits per heavy atom. The molecule has 0 radical (unpaired) electrons. The van der Waals surface area contributed by atoms with Gasteiger partial charge in [-0.1, -0.05) is 0 Å². The number of urea groups is 1. The molecule has 3 amide bonds. The maximum atomic E-state index is 11.4. The fourth-order valence-electron chi connectivity index (χ4n) is 1.31. The second-order valence-electron chi connectivity index (χ2n) is 4.04. The van der Waals surface area contributed by atoms with E-state index in [4.69, 9.17) is 0 Å². The minimum absolute atomic E-state index is 0.113. The van der Waals surface area contributed by atoms with Crippen molar-refractivity contribution in [2.75, 3.05) is 24.7 Å². The average Bonchev–Trinajstić information content (AvgIpc) is 2.21. The largest absolute Gasteiger partial charge is 0.331 e. The number of hydrogen-bond acceptors (Lipinski definition) is 2. The van der Waals surface area contributed by atoms with Crippen LogP contribution in [0.25, 0.3) is 0 Å². The third-order valence-corrected chi connectivity index (χ3v) is 2.19. The Balaban J connectivity index is 2.82. The van der Waals surface area contributed by atoms with Gasteiger partial charge < -0.3 is 15.5 Å². The van der Waals surface area contributed by atoms with E-state index >= 15 is 0 Å². The van der Waals surface area contributed by atoms with E-state index in [2.05, 4.69) is 10.6 Å². The summed E-state index contributed by atoms with van der Waals surface area (Å²) in [7, 11) is 3.35. The normalized spacial score (nSPS) is 9.65. The first-order valence-electron chi connectivity index (χ1n) is 5.26. The molecule has 17 heavy (non-hydrogen) atoms.